The molecule has 2 aromatic rings. The Morgan fingerprint density at radius 3 is 2.50 bits per heavy atom. The van der Waals surface area contributed by atoms with Crippen molar-refractivity contribution in [2.75, 3.05) is 32.3 Å². The fourth-order valence-corrected chi connectivity index (χ4v) is 3.35. The third kappa shape index (κ3) is 5.03. The number of nitrogens with zero attached hydrogens (tertiary/aromatic N) is 1. The van der Waals surface area contributed by atoms with E-state index in [1.54, 1.807) is 61.6 Å². The van der Waals surface area contributed by atoms with Gasteiger partial charge in [-0.2, -0.15) is 0 Å². The summed E-state index contributed by atoms with van der Waals surface area (Å²) in [7, 11) is 3.12. The predicted octanol–water partition coefficient (Wildman–Crippen LogP) is 3.42. The maximum Gasteiger partial charge on any atom is 0.251 e. The predicted molar refractivity (Wildman–Crippen MR) is 115 cm³/mol. The van der Waals surface area contributed by atoms with Gasteiger partial charge in [-0.05, 0) is 42.8 Å². The second-order valence-corrected chi connectivity index (χ2v) is 7.14. The Morgan fingerprint density at radius 2 is 1.83 bits per heavy atom. The maximum atomic E-state index is 12.6. The van der Waals surface area contributed by atoms with Gasteiger partial charge in [0.05, 0.1) is 26.9 Å². The molecule has 1 aliphatic rings. The zero-order valence-corrected chi connectivity index (χ0v) is 17.6. The number of ether oxygens (including phenoxy) is 3. The van der Waals surface area contributed by atoms with Crippen LogP contribution in [-0.2, 0) is 4.79 Å². The Kier molecular flexibility index (Phi) is 7.17. The summed E-state index contributed by atoms with van der Waals surface area (Å²) in [6.45, 7) is 3.17. The molecule has 3 rings (SSSR count). The molecule has 1 atom stereocenters. The first-order chi connectivity index (χ1) is 14.5. The topological polar surface area (TPSA) is 77.1 Å². The summed E-state index contributed by atoms with van der Waals surface area (Å²) < 4.78 is 16.2. The Bertz CT molecular complexity index is 882. The van der Waals surface area contributed by atoms with Crippen molar-refractivity contribution in [2.24, 2.45) is 0 Å². The molecular weight excluding hydrogens is 384 g/mol. The first kappa shape index (κ1) is 21.5. The number of amides is 2. The molecule has 0 aliphatic carbocycles. The number of rotatable bonds is 9. The maximum absolute atomic E-state index is 12.6. The number of unbranched alkanes of at least 4 members (excludes halogenated alkanes) is 1. The first-order valence-electron chi connectivity index (χ1n) is 10.1. The van der Waals surface area contributed by atoms with Gasteiger partial charge in [0.2, 0.25) is 5.91 Å². The van der Waals surface area contributed by atoms with Gasteiger partial charge in [0.25, 0.3) is 5.91 Å². The fraction of sp³-hybridized carbons (Fsp3) is 0.391. The van der Waals surface area contributed by atoms with Crippen molar-refractivity contribution < 1.29 is 23.8 Å². The van der Waals surface area contributed by atoms with Gasteiger partial charge in [0.1, 0.15) is 5.75 Å². The van der Waals surface area contributed by atoms with E-state index in [1.807, 2.05) is 0 Å². The zero-order valence-electron chi connectivity index (χ0n) is 17.6. The molecule has 0 saturated carbocycles. The van der Waals surface area contributed by atoms with E-state index in [0.29, 0.717) is 35.9 Å². The quantitative estimate of drug-likeness (QED) is 0.639. The van der Waals surface area contributed by atoms with Crippen LogP contribution in [0.5, 0.6) is 17.2 Å². The highest BCUT2D eigenvalue weighted by atomic mass is 16.5. The van der Waals surface area contributed by atoms with E-state index in [9.17, 15) is 9.59 Å². The standard InChI is InChI=1S/C23H28N2O5/c1-4-5-12-30-19-9-6-16(7-10-19)23(27)24-17-13-22(26)25(15-17)18-8-11-20(28-2)21(14-18)29-3/h6-11,14,17H,4-5,12-13,15H2,1-3H3,(H,24,27). The van der Waals surface area contributed by atoms with Gasteiger partial charge in [-0.3, -0.25) is 9.59 Å². The Labute approximate surface area is 176 Å². The molecule has 7 heteroatoms. The molecule has 0 radical (unpaired) electrons. The highest BCUT2D eigenvalue weighted by Gasteiger charge is 2.32. The van der Waals surface area contributed by atoms with Crippen LogP contribution in [0.25, 0.3) is 0 Å². The van der Waals surface area contributed by atoms with E-state index in [2.05, 4.69) is 12.2 Å². The average molecular weight is 412 g/mol. The average Bonchev–Trinajstić information content (AvgIpc) is 3.13. The van der Waals surface area contributed by atoms with E-state index in [1.165, 1.54) is 0 Å². The minimum Gasteiger partial charge on any atom is -0.494 e. The lowest BCUT2D eigenvalue weighted by Crippen LogP contribution is -2.37. The molecule has 1 saturated heterocycles. The highest BCUT2D eigenvalue weighted by molar-refractivity contribution is 5.99. The Hall–Kier alpha value is -3.22. The summed E-state index contributed by atoms with van der Waals surface area (Å²) in [5.74, 6) is 1.64. The molecular formula is C23H28N2O5. The number of anilines is 1. The largest absolute Gasteiger partial charge is 0.494 e. The lowest BCUT2D eigenvalue weighted by atomic mass is 10.1. The summed E-state index contributed by atoms with van der Waals surface area (Å²) in [5.41, 5.74) is 1.25. The number of nitrogens with one attached hydrogen (secondary N) is 1. The zero-order chi connectivity index (χ0) is 21.5. The van der Waals surface area contributed by atoms with Crippen molar-refractivity contribution in [1.82, 2.24) is 5.32 Å². The number of hydrogen-bond acceptors (Lipinski definition) is 5. The van der Waals surface area contributed by atoms with E-state index >= 15 is 0 Å². The van der Waals surface area contributed by atoms with E-state index in [0.717, 1.165) is 18.6 Å². The van der Waals surface area contributed by atoms with Crippen molar-refractivity contribution in [3.63, 3.8) is 0 Å². The molecule has 0 bridgehead atoms. The van der Waals surface area contributed by atoms with Crippen LogP contribution in [-0.4, -0.2) is 45.2 Å². The second-order valence-electron chi connectivity index (χ2n) is 7.14. The number of carbonyl (C=O) groups is 2. The molecule has 30 heavy (non-hydrogen) atoms. The molecule has 160 valence electrons. The summed E-state index contributed by atoms with van der Waals surface area (Å²) in [5, 5.41) is 2.95. The minimum atomic E-state index is -0.265. The summed E-state index contributed by atoms with van der Waals surface area (Å²) >= 11 is 0. The van der Waals surface area contributed by atoms with Crippen molar-refractivity contribution in [3.05, 3.63) is 48.0 Å². The summed E-state index contributed by atoms with van der Waals surface area (Å²) in [6, 6.07) is 12.1. The molecule has 1 unspecified atom stereocenters. The first-order valence-corrected chi connectivity index (χ1v) is 10.1. The van der Waals surface area contributed by atoms with Crippen LogP contribution in [0.1, 0.15) is 36.5 Å². The van der Waals surface area contributed by atoms with Crippen LogP contribution in [0, 0.1) is 0 Å². The van der Waals surface area contributed by atoms with Crippen molar-refractivity contribution in [1.29, 1.82) is 0 Å². The van der Waals surface area contributed by atoms with Gasteiger partial charge >= 0.3 is 0 Å². The molecule has 0 aromatic heterocycles. The molecule has 1 heterocycles. The van der Waals surface area contributed by atoms with E-state index in [-0.39, 0.29) is 24.3 Å². The molecule has 2 amide bonds. The number of hydrogen-bond donors (Lipinski definition) is 1. The van der Waals surface area contributed by atoms with Crippen LogP contribution in [0.4, 0.5) is 5.69 Å². The van der Waals surface area contributed by atoms with Gasteiger partial charge in [0.15, 0.2) is 11.5 Å². The van der Waals surface area contributed by atoms with Crippen LogP contribution < -0.4 is 24.4 Å². The minimum absolute atomic E-state index is 0.0489. The smallest absolute Gasteiger partial charge is 0.251 e. The second kappa shape index (κ2) is 10.0. The molecule has 0 spiro atoms. The van der Waals surface area contributed by atoms with Gasteiger partial charge in [-0.1, -0.05) is 13.3 Å². The van der Waals surface area contributed by atoms with Gasteiger partial charge < -0.3 is 24.4 Å². The van der Waals surface area contributed by atoms with Crippen molar-refractivity contribution in [2.45, 2.75) is 32.2 Å². The van der Waals surface area contributed by atoms with E-state index < -0.39 is 0 Å². The van der Waals surface area contributed by atoms with Crippen molar-refractivity contribution >= 4 is 17.5 Å². The normalized spacial score (nSPS) is 15.8. The van der Waals surface area contributed by atoms with Crippen LogP contribution in [0.2, 0.25) is 0 Å². The molecule has 1 aliphatic heterocycles. The monoisotopic (exact) mass is 412 g/mol. The summed E-state index contributed by atoms with van der Waals surface area (Å²) in [4.78, 5) is 26.8. The molecule has 7 nitrogen and oxygen atoms in total. The van der Waals surface area contributed by atoms with Gasteiger partial charge in [-0.15, -0.1) is 0 Å². The lowest BCUT2D eigenvalue weighted by Gasteiger charge is -2.19. The SMILES string of the molecule is CCCCOc1ccc(C(=O)NC2CC(=O)N(c3ccc(OC)c(OC)c3)C2)cc1. The fourth-order valence-electron chi connectivity index (χ4n) is 3.35. The Balaban J connectivity index is 1.60. The van der Waals surface area contributed by atoms with Crippen LogP contribution in [0.3, 0.4) is 0 Å². The van der Waals surface area contributed by atoms with Crippen LogP contribution >= 0.6 is 0 Å². The Morgan fingerprint density at radius 1 is 1.10 bits per heavy atom. The molecule has 1 fully saturated rings. The van der Waals surface area contributed by atoms with Crippen LogP contribution in [0.15, 0.2) is 42.5 Å². The summed E-state index contributed by atoms with van der Waals surface area (Å²) in [6.07, 6.45) is 2.31. The third-order valence-electron chi connectivity index (χ3n) is 5.02. The molecule has 1 N–H and O–H groups in total. The van der Waals surface area contributed by atoms with Crippen molar-refractivity contribution in [3.8, 4) is 17.2 Å². The van der Waals surface area contributed by atoms with Gasteiger partial charge in [0, 0.05) is 30.3 Å². The lowest BCUT2D eigenvalue weighted by molar-refractivity contribution is -0.117. The number of carbonyl (C=O) groups excluding carboxylic acids is 2. The molecule has 2 aromatic carbocycles. The number of methoxy groups -OCH3 is 2. The number of benzene rings is 2. The highest BCUT2D eigenvalue weighted by Crippen LogP contribution is 2.33. The third-order valence-corrected chi connectivity index (χ3v) is 5.02. The van der Waals surface area contributed by atoms with Gasteiger partial charge in [-0.25, -0.2) is 0 Å². The van der Waals surface area contributed by atoms with E-state index in [4.69, 9.17) is 14.2 Å².